The minimum atomic E-state index is 0.0501. The summed E-state index contributed by atoms with van der Waals surface area (Å²) < 4.78 is 5.52. The van der Waals surface area contributed by atoms with E-state index in [-0.39, 0.29) is 5.41 Å². The van der Waals surface area contributed by atoms with Crippen LogP contribution in [0, 0.1) is 11.8 Å². The number of benzene rings is 1. The van der Waals surface area contributed by atoms with Gasteiger partial charge in [-0.15, -0.1) is 0 Å². The molecule has 2 bridgehead atoms. The molecule has 1 aromatic rings. The summed E-state index contributed by atoms with van der Waals surface area (Å²) in [4.78, 5) is 15.3. The number of nitrogens with zero attached hydrogens (tertiary/aromatic N) is 1. The third-order valence-corrected chi connectivity index (χ3v) is 6.98. The summed E-state index contributed by atoms with van der Waals surface area (Å²) in [6, 6.07) is 7.15. The Kier molecular flexibility index (Phi) is 3.95. The molecule has 2 aliphatic carbocycles. The molecule has 4 atom stereocenters. The van der Waals surface area contributed by atoms with E-state index in [9.17, 15) is 4.79 Å². The van der Waals surface area contributed by atoms with Crippen molar-refractivity contribution in [2.24, 2.45) is 11.8 Å². The van der Waals surface area contributed by atoms with Crippen LogP contribution in [0.15, 0.2) is 18.2 Å². The minimum absolute atomic E-state index is 0.0501. The van der Waals surface area contributed by atoms with Gasteiger partial charge in [-0.3, -0.25) is 4.79 Å². The van der Waals surface area contributed by atoms with E-state index >= 15 is 0 Å². The van der Waals surface area contributed by atoms with Crippen molar-refractivity contribution < 1.29 is 9.53 Å². The van der Waals surface area contributed by atoms with Crippen LogP contribution in [0.3, 0.4) is 0 Å². The average molecular weight is 327 g/mol. The van der Waals surface area contributed by atoms with E-state index in [1.165, 1.54) is 24.0 Å². The molecular weight excluding hydrogens is 298 g/mol. The van der Waals surface area contributed by atoms with Gasteiger partial charge >= 0.3 is 0 Å². The average Bonchev–Trinajstić information content (AvgIpc) is 2.58. The highest BCUT2D eigenvalue weighted by atomic mass is 16.5. The Bertz CT molecular complexity index is 655. The van der Waals surface area contributed by atoms with Crippen molar-refractivity contribution in [3.8, 4) is 5.75 Å². The number of fused-ring (bicyclic) bond motifs is 1. The summed E-state index contributed by atoms with van der Waals surface area (Å²) in [5.41, 5.74) is 2.91. The third kappa shape index (κ3) is 2.24. The van der Waals surface area contributed by atoms with Crippen molar-refractivity contribution in [2.45, 2.75) is 56.9 Å². The summed E-state index contributed by atoms with van der Waals surface area (Å²) >= 11 is 0. The summed E-state index contributed by atoms with van der Waals surface area (Å²) in [5, 5.41) is 0. The molecule has 1 heterocycles. The fraction of sp³-hybridized carbons (Fsp3) is 0.667. The number of piperidine rings is 1. The number of ether oxygens (including phenoxy) is 1. The number of methoxy groups -OCH3 is 1. The molecule has 130 valence electrons. The monoisotopic (exact) mass is 327 g/mol. The minimum Gasteiger partial charge on any atom is -0.497 e. The lowest BCUT2D eigenvalue weighted by Gasteiger charge is -2.60. The Labute approximate surface area is 145 Å². The zero-order chi connectivity index (χ0) is 16.9. The quantitative estimate of drug-likeness (QED) is 0.850. The van der Waals surface area contributed by atoms with Crippen LogP contribution in [0.2, 0.25) is 0 Å². The van der Waals surface area contributed by atoms with Crippen LogP contribution in [-0.4, -0.2) is 37.4 Å². The molecule has 0 unspecified atom stereocenters. The van der Waals surface area contributed by atoms with E-state index in [0.29, 0.717) is 23.7 Å². The maximum absolute atomic E-state index is 12.7. The van der Waals surface area contributed by atoms with Gasteiger partial charge in [-0.05, 0) is 68.0 Å². The van der Waals surface area contributed by atoms with E-state index < -0.39 is 0 Å². The van der Waals surface area contributed by atoms with E-state index in [2.05, 4.69) is 37.1 Å². The normalized spacial score (nSPS) is 35.3. The molecular formula is C21H29NO2. The molecule has 3 aliphatic rings. The second-order valence-corrected chi connectivity index (χ2v) is 8.18. The van der Waals surface area contributed by atoms with Gasteiger partial charge in [-0.1, -0.05) is 19.4 Å². The first kappa shape index (κ1) is 16.1. The van der Waals surface area contributed by atoms with Crippen molar-refractivity contribution in [3.63, 3.8) is 0 Å². The van der Waals surface area contributed by atoms with E-state index in [4.69, 9.17) is 4.74 Å². The van der Waals surface area contributed by atoms with Crippen molar-refractivity contribution in [1.82, 2.24) is 4.90 Å². The zero-order valence-corrected chi connectivity index (χ0v) is 15.2. The van der Waals surface area contributed by atoms with Crippen molar-refractivity contribution >= 4 is 5.78 Å². The predicted molar refractivity (Wildman–Crippen MR) is 95.5 cm³/mol. The van der Waals surface area contributed by atoms with Crippen molar-refractivity contribution in [2.75, 3.05) is 20.7 Å². The Morgan fingerprint density at radius 1 is 1.33 bits per heavy atom. The van der Waals surface area contributed by atoms with E-state index in [0.717, 1.165) is 38.0 Å². The number of carbonyl (C=O) groups excluding carboxylic acids is 1. The molecule has 1 aromatic carbocycles. The molecule has 4 rings (SSSR count). The predicted octanol–water partition coefficient (Wildman–Crippen LogP) is 3.59. The summed E-state index contributed by atoms with van der Waals surface area (Å²) in [6.45, 7) is 3.36. The highest BCUT2D eigenvalue weighted by Gasteiger charge is 2.57. The fourth-order valence-corrected chi connectivity index (χ4v) is 6.06. The summed E-state index contributed by atoms with van der Waals surface area (Å²) in [7, 11) is 4.02. The number of likely N-dealkylation sites (tertiary alicyclic amines) is 1. The lowest BCUT2D eigenvalue weighted by Crippen LogP contribution is -2.63. The van der Waals surface area contributed by atoms with Gasteiger partial charge in [0, 0.05) is 24.3 Å². The molecule has 1 saturated heterocycles. The molecule has 1 saturated carbocycles. The Morgan fingerprint density at radius 2 is 2.17 bits per heavy atom. The maximum atomic E-state index is 12.7. The molecule has 0 radical (unpaired) electrons. The molecule has 2 fully saturated rings. The van der Waals surface area contributed by atoms with Crippen LogP contribution >= 0.6 is 0 Å². The van der Waals surface area contributed by atoms with Gasteiger partial charge in [0.05, 0.1) is 7.11 Å². The van der Waals surface area contributed by atoms with Gasteiger partial charge in [0.1, 0.15) is 11.5 Å². The largest absolute Gasteiger partial charge is 0.497 e. The van der Waals surface area contributed by atoms with Crippen LogP contribution in [0.25, 0.3) is 0 Å². The molecule has 0 amide bonds. The standard InChI is InChI=1S/C21H29NO2/c1-4-5-15-10-16(23)13-21-8-9-22(2)19(20(15)21)11-14-6-7-17(24-3)12-18(14)21/h6-7,12,15,19-20H,4-5,8-11,13H2,1-3H3/t15-,19+,20-,21-/m0/s1. The molecule has 0 N–H and O–H groups in total. The Hall–Kier alpha value is -1.35. The van der Waals surface area contributed by atoms with E-state index in [1.807, 2.05) is 0 Å². The zero-order valence-electron chi connectivity index (χ0n) is 15.2. The van der Waals surface area contributed by atoms with Crippen LogP contribution in [-0.2, 0) is 16.6 Å². The van der Waals surface area contributed by atoms with Gasteiger partial charge in [-0.25, -0.2) is 0 Å². The van der Waals surface area contributed by atoms with Gasteiger partial charge in [0.2, 0.25) is 0 Å². The lowest BCUT2D eigenvalue weighted by atomic mass is 9.49. The first-order valence-electron chi connectivity index (χ1n) is 9.48. The van der Waals surface area contributed by atoms with E-state index in [1.54, 1.807) is 7.11 Å². The number of rotatable bonds is 3. The third-order valence-electron chi connectivity index (χ3n) is 6.98. The molecule has 3 heteroatoms. The van der Waals surface area contributed by atoms with Crippen LogP contribution in [0.1, 0.15) is 50.2 Å². The number of ketones is 1. The summed E-state index contributed by atoms with van der Waals surface area (Å²) in [6.07, 6.45) is 6.12. The molecule has 3 nitrogen and oxygen atoms in total. The number of likely N-dealkylation sites (N-methyl/N-ethyl adjacent to an activating group) is 1. The number of Topliss-reactive ketones (excluding diaryl/α,β-unsaturated/α-hetero) is 1. The maximum Gasteiger partial charge on any atom is 0.134 e. The Morgan fingerprint density at radius 3 is 2.92 bits per heavy atom. The van der Waals surface area contributed by atoms with Gasteiger partial charge in [-0.2, -0.15) is 0 Å². The Balaban J connectivity index is 1.88. The first-order valence-corrected chi connectivity index (χ1v) is 9.48. The second-order valence-electron chi connectivity index (χ2n) is 8.18. The van der Waals surface area contributed by atoms with Crippen LogP contribution < -0.4 is 4.74 Å². The number of hydrogen-bond donors (Lipinski definition) is 0. The number of carbonyl (C=O) groups is 1. The highest BCUT2D eigenvalue weighted by molar-refractivity contribution is 5.82. The highest BCUT2D eigenvalue weighted by Crippen LogP contribution is 2.57. The van der Waals surface area contributed by atoms with Crippen molar-refractivity contribution in [1.29, 1.82) is 0 Å². The molecule has 24 heavy (non-hydrogen) atoms. The summed E-state index contributed by atoms with van der Waals surface area (Å²) in [5.74, 6) is 2.57. The fourth-order valence-electron chi connectivity index (χ4n) is 6.06. The lowest BCUT2D eigenvalue weighted by molar-refractivity contribution is -0.131. The molecule has 0 aromatic heterocycles. The smallest absolute Gasteiger partial charge is 0.134 e. The van der Waals surface area contributed by atoms with Gasteiger partial charge in [0.15, 0.2) is 0 Å². The van der Waals surface area contributed by atoms with Crippen molar-refractivity contribution in [3.05, 3.63) is 29.3 Å². The van der Waals surface area contributed by atoms with Crippen LogP contribution in [0.5, 0.6) is 5.75 Å². The second kappa shape index (κ2) is 5.87. The topological polar surface area (TPSA) is 29.5 Å². The molecule has 1 aliphatic heterocycles. The van der Waals surface area contributed by atoms with Gasteiger partial charge < -0.3 is 9.64 Å². The SMILES string of the molecule is CCC[C@H]1CC(=O)C[C@@]23CCN(C)[C@H](Cc4ccc(OC)cc42)[C@H]13. The van der Waals surface area contributed by atoms with Crippen LogP contribution in [0.4, 0.5) is 0 Å². The van der Waals surface area contributed by atoms with Gasteiger partial charge in [0.25, 0.3) is 0 Å². The first-order chi connectivity index (χ1) is 11.6. The number of hydrogen-bond acceptors (Lipinski definition) is 3. The molecule has 0 spiro atoms.